The van der Waals surface area contributed by atoms with Gasteiger partial charge in [-0.15, -0.1) is 6.42 Å². The lowest BCUT2D eigenvalue weighted by atomic mass is 10.3. The molecular weight excluding hydrogens is 323 g/mol. The van der Waals surface area contributed by atoms with Crippen LogP contribution in [-0.4, -0.2) is 25.8 Å². The molecule has 4 nitrogen and oxygen atoms in total. The highest BCUT2D eigenvalue weighted by Gasteiger charge is 2.26. The van der Waals surface area contributed by atoms with Crippen LogP contribution in [0.4, 0.5) is 10.1 Å². The van der Waals surface area contributed by atoms with Crippen LogP contribution in [0.15, 0.2) is 21.5 Å². The summed E-state index contributed by atoms with van der Waals surface area (Å²) in [6, 6.07) is 2.10. The van der Waals surface area contributed by atoms with E-state index in [1.807, 2.05) is 0 Å². The van der Waals surface area contributed by atoms with Gasteiger partial charge >= 0.3 is 0 Å². The molecule has 0 aliphatic carbocycles. The number of terminal acetylenes is 1. The number of nitrogen functional groups attached to an aromatic ring is 1. The average molecular weight is 335 g/mol. The Morgan fingerprint density at radius 3 is 2.67 bits per heavy atom. The summed E-state index contributed by atoms with van der Waals surface area (Å²) in [5.74, 6) is 1.35. The van der Waals surface area contributed by atoms with Crippen LogP contribution in [-0.2, 0) is 10.0 Å². The maximum atomic E-state index is 13.7. The molecule has 0 atom stereocenters. The molecule has 1 rings (SSSR count). The van der Waals surface area contributed by atoms with Gasteiger partial charge in [0.2, 0.25) is 10.0 Å². The monoisotopic (exact) mass is 334 g/mol. The first kappa shape index (κ1) is 15.0. The van der Waals surface area contributed by atoms with Crippen molar-refractivity contribution in [2.24, 2.45) is 0 Å². The zero-order valence-electron chi connectivity index (χ0n) is 9.65. The van der Waals surface area contributed by atoms with Gasteiger partial charge in [-0.25, -0.2) is 12.8 Å². The van der Waals surface area contributed by atoms with Gasteiger partial charge in [0.15, 0.2) is 0 Å². The Bertz CT molecular complexity index is 596. The van der Waals surface area contributed by atoms with E-state index in [0.29, 0.717) is 4.47 Å². The van der Waals surface area contributed by atoms with Gasteiger partial charge in [-0.05, 0) is 28.1 Å². The van der Waals surface area contributed by atoms with Crippen molar-refractivity contribution in [3.8, 4) is 12.3 Å². The Balaban J connectivity index is 3.37. The lowest BCUT2D eigenvalue weighted by Crippen LogP contribution is -2.32. The topological polar surface area (TPSA) is 63.4 Å². The zero-order valence-corrected chi connectivity index (χ0v) is 12.1. The summed E-state index contributed by atoms with van der Waals surface area (Å²) in [4.78, 5) is -0.472. The molecule has 0 saturated heterocycles. The van der Waals surface area contributed by atoms with E-state index in [1.165, 1.54) is 0 Å². The number of benzene rings is 1. The van der Waals surface area contributed by atoms with Gasteiger partial charge in [0.25, 0.3) is 0 Å². The third-order valence-corrected chi connectivity index (χ3v) is 4.91. The van der Waals surface area contributed by atoms with E-state index < -0.39 is 20.7 Å². The molecule has 2 N–H and O–H groups in total. The van der Waals surface area contributed by atoms with Gasteiger partial charge in [0.05, 0.1) is 6.54 Å². The lowest BCUT2D eigenvalue weighted by Gasteiger charge is -2.18. The van der Waals surface area contributed by atoms with E-state index in [4.69, 9.17) is 12.2 Å². The first-order valence-electron chi connectivity index (χ1n) is 5.02. The first-order chi connectivity index (χ1) is 8.34. The van der Waals surface area contributed by atoms with Gasteiger partial charge < -0.3 is 5.73 Å². The SMILES string of the molecule is C#CCN(CC)S(=O)(=O)c1cc(N)c(Br)cc1F. The molecule has 1 aromatic rings. The molecule has 1 aromatic carbocycles. The normalized spacial score (nSPS) is 11.5. The van der Waals surface area contributed by atoms with Gasteiger partial charge in [-0.1, -0.05) is 12.8 Å². The van der Waals surface area contributed by atoms with Crippen LogP contribution in [0.3, 0.4) is 0 Å². The quantitative estimate of drug-likeness (QED) is 0.674. The minimum atomic E-state index is -3.97. The Morgan fingerprint density at radius 2 is 2.17 bits per heavy atom. The van der Waals surface area contributed by atoms with E-state index in [0.717, 1.165) is 16.4 Å². The minimum Gasteiger partial charge on any atom is -0.398 e. The molecular formula is C11H12BrFN2O2S. The molecule has 0 amide bonds. The summed E-state index contributed by atoms with van der Waals surface area (Å²) in [5.41, 5.74) is 5.71. The fraction of sp³-hybridized carbons (Fsp3) is 0.273. The average Bonchev–Trinajstić information content (AvgIpc) is 2.30. The second-order valence-corrected chi connectivity index (χ2v) is 6.20. The van der Waals surface area contributed by atoms with Crippen LogP contribution in [0, 0.1) is 18.2 Å². The summed E-state index contributed by atoms with van der Waals surface area (Å²) < 4.78 is 39.3. The maximum absolute atomic E-state index is 13.7. The molecule has 0 heterocycles. The van der Waals surface area contributed by atoms with E-state index >= 15 is 0 Å². The van der Waals surface area contributed by atoms with Gasteiger partial charge in [-0.2, -0.15) is 4.31 Å². The Morgan fingerprint density at radius 1 is 1.56 bits per heavy atom. The van der Waals surface area contributed by atoms with Crippen LogP contribution in [0.2, 0.25) is 0 Å². The van der Waals surface area contributed by atoms with Crippen molar-refractivity contribution >= 4 is 31.6 Å². The summed E-state index contributed by atoms with van der Waals surface area (Å²) in [6.07, 6.45) is 5.09. The second-order valence-electron chi connectivity index (χ2n) is 3.44. The Kier molecular flexibility index (Phi) is 4.73. The van der Waals surface area contributed by atoms with Gasteiger partial charge in [-0.3, -0.25) is 0 Å². The highest BCUT2D eigenvalue weighted by molar-refractivity contribution is 9.10. The molecule has 0 bridgehead atoms. The fourth-order valence-corrected chi connectivity index (χ4v) is 3.11. The summed E-state index contributed by atoms with van der Waals surface area (Å²) in [7, 11) is -3.97. The molecule has 0 fully saturated rings. The van der Waals surface area contributed by atoms with Crippen LogP contribution < -0.4 is 5.73 Å². The Hall–Kier alpha value is -1.10. The molecule has 0 unspecified atom stereocenters. The third-order valence-electron chi connectivity index (χ3n) is 2.29. The fourth-order valence-electron chi connectivity index (χ4n) is 1.35. The van der Waals surface area contributed by atoms with Crippen molar-refractivity contribution < 1.29 is 12.8 Å². The summed E-state index contributed by atoms with van der Waals surface area (Å²) >= 11 is 3.03. The van der Waals surface area contributed by atoms with Crippen LogP contribution in [0.1, 0.15) is 6.92 Å². The largest absolute Gasteiger partial charge is 0.398 e. The molecule has 18 heavy (non-hydrogen) atoms. The molecule has 0 radical (unpaired) electrons. The first-order valence-corrected chi connectivity index (χ1v) is 7.26. The number of hydrogen-bond donors (Lipinski definition) is 1. The standard InChI is InChI=1S/C11H12BrFN2O2S/c1-3-5-15(4-2)18(16,17)11-7-10(14)8(12)6-9(11)13/h1,6-7H,4-5,14H2,2H3. The van der Waals surface area contributed by atoms with Crippen LogP contribution in [0.5, 0.6) is 0 Å². The van der Waals surface area contributed by atoms with Crippen molar-refractivity contribution in [3.63, 3.8) is 0 Å². The van der Waals surface area contributed by atoms with Crippen molar-refractivity contribution in [2.45, 2.75) is 11.8 Å². The number of nitrogens with zero attached hydrogens (tertiary/aromatic N) is 1. The van der Waals surface area contributed by atoms with Gasteiger partial charge in [0.1, 0.15) is 10.7 Å². The third kappa shape index (κ3) is 2.83. The number of halogens is 2. The van der Waals surface area contributed by atoms with Gasteiger partial charge in [0, 0.05) is 16.7 Å². The molecule has 7 heteroatoms. The lowest BCUT2D eigenvalue weighted by molar-refractivity contribution is 0.457. The van der Waals surface area contributed by atoms with E-state index in [2.05, 4.69) is 21.9 Å². The predicted molar refractivity (Wildman–Crippen MR) is 71.8 cm³/mol. The molecule has 98 valence electrons. The van der Waals surface area contributed by atoms with Crippen LogP contribution in [0.25, 0.3) is 0 Å². The Labute approximate surface area is 114 Å². The van der Waals surface area contributed by atoms with Crippen molar-refractivity contribution in [3.05, 3.63) is 22.4 Å². The zero-order chi connectivity index (χ0) is 13.9. The van der Waals surface area contributed by atoms with Crippen molar-refractivity contribution in [2.75, 3.05) is 18.8 Å². The highest BCUT2D eigenvalue weighted by Crippen LogP contribution is 2.27. The second kappa shape index (κ2) is 5.69. The van der Waals surface area contributed by atoms with Crippen molar-refractivity contribution in [1.82, 2.24) is 4.31 Å². The molecule has 0 spiro atoms. The highest BCUT2D eigenvalue weighted by atomic mass is 79.9. The summed E-state index contributed by atoms with van der Waals surface area (Å²) in [6.45, 7) is 1.66. The molecule has 0 saturated carbocycles. The smallest absolute Gasteiger partial charge is 0.246 e. The maximum Gasteiger partial charge on any atom is 0.246 e. The molecule has 0 aliphatic heterocycles. The van der Waals surface area contributed by atoms with E-state index in [1.54, 1.807) is 6.92 Å². The molecule has 0 aromatic heterocycles. The predicted octanol–water partition coefficient (Wildman–Crippen LogP) is 1.81. The number of rotatable bonds is 4. The number of nitrogens with two attached hydrogens (primary N) is 1. The molecule has 0 aliphatic rings. The number of anilines is 1. The number of hydrogen-bond acceptors (Lipinski definition) is 3. The van der Waals surface area contributed by atoms with Crippen LogP contribution >= 0.6 is 15.9 Å². The van der Waals surface area contributed by atoms with E-state index in [-0.39, 0.29) is 18.8 Å². The van der Waals surface area contributed by atoms with E-state index in [9.17, 15) is 12.8 Å². The number of sulfonamides is 1. The minimum absolute atomic E-state index is 0.117. The summed E-state index contributed by atoms with van der Waals surface area (Å²) in [5, 5.41) is 0. The van der Waals surface area contributed by atoms with Crippen molar-refractivity contribution in [1.29, 1.82) is 0 Å².